The third-order valence-corrected chi connectivity index (χ3v) is 5.08. The van der Waals surface area contributed by atoms with Crippen LogP contribution >= 0.6 is 11.8 Å². The predicted octanol–water partition coefficient (Wildman–Crippen LogP) is 2.71. The number of benzene rings is 1. The molecule has 0 radical (unpaired) electrons. The van der Waals surface area contributed by atoms with E-state index in [-0.39, 0.29) is 0 Å². The summed E-state index contributed by atoms with van der Waals surface area (Å²) < 4.78 is 0. The molecule has 0 aliphatic carbocycles. The number of fused-ring (bicyclic) bond motifs is 2. The molecule has 0 fully saturated rings. The third kappa shape index (κ3) is 3.32. The number of nitrogens with zero attached hydrogens (tertiary/aromatic N) is 2. The minimum absolute atomic E-state index is 0.810. The highest BCUT2D eigenvalue weighted by atomic mass is 32.2. The summed E-state index contributed by atoms with van der Waals surface area (Å²) >= 11 is 1.97. The van der Waals surface area contributed by atoms with Crippen LogP contribution in [0, 0.1) is 0 Å². The van der Waals surface area contributed by atoms with Crippen LogP contribution < -0.4 is 10.6 Å². The van der Waals surface area contributed by atoms with Gasteiger partial charge in [0.2, 0.25) is 0 Å². The monoisotopic (exact) mass is 324 g/mol. The number of pyridine rings is 2. The Labute approximate surface area is 140 Å². The van der Waals surface area contributed by atoms with E-state index in [2.05, 4.69) is 47.0 Å². The molecule has 23 heavy (non-hydrogen) atoms. The average molecular weight is 324 g/mol. The molecule has 1 aliphatic heterocycles. The van der Waals surface area contributed by atoms with Crippen molar-refractivity contribution in [2.45, 2.75) is 13.1 Å². The van der Waals surface area contributed by atoms with Gasteiger partial charge in [-0.1, -0.05) is 24.3 Å². The van der Waals surface area contributed by atoms with Crippen LogP contribution in [0.15, 0.2) is 36.4 Å². The number of rotatable bonds is 0. The number of hydrogen-bond donors (Lipinski definition) is 2. The van der Waals surface area contributed by atoms with Gasteiger partial charge in [-0.15, -0.1) is 0 Å². The van der Waals surface area contributed by atoms with Gasteiger partial charge in [-0.25, -0.2) is 9.97 Å². The summed E-state index contributed by atoms with van der Waals surface area (Å²) in [5.41, 5.74) is 4.17. The van der Waals surface area contributed by atoms with Crippen LogP contribution in [0.1, 0.15) is 11.4 Å². The number of nitrogens with one attached hydrogen (secondary N) is 2. The zero-order valence-electron chi connectivity index (χ0n) is 13.0. The molecule has 1 aliphatic rings. The van der Waals surface area contributed by atoms with Gasteiger partial charge >= 0.3 is 0 Å². The largest absolute Gasteiger partial charge is 0.310 e. The third-order valence-electron chi connectivity index (χ3n) is 4.09. The molecule has 0 unspecified atom stereocenters. The minimum Gasteiger partial charge on any atom is -0.310 e. The van der Waals surface area contributed by atoms with E-state index in [4.69, 9.17) is 9.97 Å². The van der Waals surface area contributed by atoms with E-state index in [0.717, 1.165) is 70.9 Å². The van der Waals surface area contributed by atoms with Crippen LogP contribution in [0.5, 0.6) is 0 Å². The first-order valence-corrected chi connectivity index (χ1v) is 9.23. The maximum atomic E-state index is 4.87. The van der Waals surface area contributed by atoms with Gasteiger partial charge in [0.05, 0.1) is 22.4 Å². The summed E-state index contributed by atoms with van der Waals surface area (Å²) in [4.78, 5) is 9.73. The van der Waals surface area contributed by atoms with Gasteiger partial charge in [0.25, 0.3) is 0 Å². The molecule has 2 N–H and O–H groups in total. The van der Waals surface area contributed by atoms with Gasteiger partial charge in [0.15, 0.2) is 0 Å². The number of hydrogen-bond acceptors (Lipinski definition) is 5. The summed E-state index contributed by atoms with van der Waals surface area (Å²) in [5.74, 6) is 2.26. The van der Waals surface area contributed by atoms with Crippen LogP contribution in [-0.2, 0) is 13.1 Å². The van der Waals surface area contributed by atoms with Crippen molar-refractivity contribution in [1.29, 1.82) is 0 Å². The van der Waals surface area contributed by atoms with Crippen molar-refractivity contribution >= 4 is 33.6 Å². The SMILES string of the molecule is c1cc2ccc3ccc4nc3c2nc1CNCCSCCNC4. The summed E-state index contributed by atoms with van der Waals surface area (Å²) in [6, 6.07) is 12.8. The molecule has 0 spiro atoms. The predicted molar refractivity (Wildman–Crippen MR) is 97.8 cm³/mol. The lowest BCUT2D eigenvalue weighted by molar-refractivity contribution is 0.712. The van der Waals surface area contributed by atoms with E-state index >= 15 is 0 Å². The van der Waals surface area contributed by atoms with Gasteiger partial charge < -0.3 is 10.6 Å². The summed E-state index contributed by atoms with van der Waals surface area (Å²) in [5, 5.41) is 9.26. The van der Waals surface area contributed by atoms with Crippen LogP contribution in [-0.4, -0.2) is 34.6 Å². The second-order valence-corrected chi connectivity index (χ2v) is 7.00. The van der Waals surface area contributed by atoms with Crippen molar-refractivity contribution < 1.29 is 0 Å². The fourth-order valence-corrected chi connectivity index (χ4v) is 3.65. The van der Waals surface area contributed by atoms with Crippen molar-refractivity contribution in [3.63, 3.8) is 0 Å². The normalized spacial score (nSPS) is 16.9. The highest BCUT2D eigenvalue weighted by molar-refractivity contribution is 7.99. The van der Waals surface area contributed by atoms with Gasteiger partial charge in [0, 0.05) is 48.5 Å². The Bertz CT molecular complexity index is 765. The number of aromatic nitrogens is 2. The first-order chi connectivity index (χ1) is 11.4. The molecule has 0 atom stereocenters. The van der Waals surface area contributed by atoms with Crippen LogP contribution in [0.3, 0.4) is 0 Å². The quantitative estimate of drug-likeness (QED) is 0.623. The zero-order valence-corrected chi connectivity index (χ0v) is 13.8. The maximum Gasteiger partial charge on any atom is 0.0968 e. The Morgan fingerprint density at radius 1 is 0.696 bits per heavy atom. The van der Waals surface area contributed by atoms with Crippen LogP contribution in [0.2, 0.25) is 0 Å². The molecular formula is C18H20N4S. The zero-order chi connectivity index (χ0) is 15.5. The summed E-state index contributed by atoms with van der Waals surface area (Å²) in [6.07, 6.45) is 0. The Kier molecular flexibility index (Phi) is 4.41. The molecule has 0 amide bonds. The van der Waals surface area contributed by atoms with E-state index in [1.165, 1.54) is 0 Å². The Morgan fingerprint density at radius 2 is 1.17 bits per heavy atom. The maximum absolute atomic E-state index is 4.87. The lowest BCUT2D eigenvalue weighted by Gasteiger charge is -2.08. The Balaban J connectivity index is 1.82. The fraction of sp³-hybridized carbons (Fsp3) is 0.333. The smallest absolute Gasteiger partial charge is 0.0968 e. The number of thioether (sulfide) groups is 1. The molecule has 1 aromatic carbocycles. The van der Waals surface area contributed by atoms with Gasteiger partial charge in [-0.3, -0.25) is 0 Å². The van der Waals surface area contributed by atoms with Crippen molar-refractivity contribution in [1.82, 2.24) is 20.6 Å². The minimum atomic E-state index is 0.810. The van der Waals surface area contributed by atoms with E-state index in [0.29, 0.717) is 0 Å². The molecule has 4 rings (SSSR count). The van der Waals surface area contributed by atoms with Crippen molar-refractivity contribution in [3.8, 4) is 0 Å². The first kappa shape index (κ1) is 14.9. The molecule has 4 bridgehead atoms. The van der Waals surface area contributed by atoms with Gasteiger partial charge in [0.1, 0.15) is 0 Å². The highest BCUT2D eigenvalue weighted by Crippen LogP contribution is 2.23. The molecule has 118 valence electrons. The molecule has 5 heteroatoms. The summed E-state index contributed by atoms with van der Waals surface area (Å²) in [6.45, 7) is 3.65. The van der Waals surface area contributed by atoms with E-state index in [1.54, 1.807) is 0 Å². The van der Waals surface area contributed by atoms with Crippen LogP contribution in [0.25, 0.3) is 21.8 Å². The standard InChI is InChI=1S/C18H20N4S/c1-2-14-4-6-16-12-20-8-10-23-9-7-19-11-15-5-3-13(1)17(21-15)18(14)22-16/h1-6,19-20H,7-12H2. The first-order valence-electron chi connectivity index (χ1n) is 8.08. The van der Waals surface area contributed by atoms with Gasteiger partial charge in [-0.2, -0.15) is 11.8 Å². The van der Waals surface area contributed by atoms with E-state index < -0.39 is 0 Å². The highest BCUT2D eigenvalue weighted by Gasteiger charge is 2.07. The Hall–Kier alpha value is -1.69. The fourth-order valence-electron chi connectivity index (χ4n) is 2.87. The van der Waals surface area contributed by atoms with Gasteiger partial charge in [-0.05, 0) is 12.1 Å². The second kappa shape index (κ2) is 6.83. The average Bonchev–Trinajstić information content (AvgIpc) is 2.60. The van der Waals surface area contributed by atoms with Crippen molar-refractivity contribution in [2.24, 2.45) is 0 Å². The lowest BCUT2D eigenvalue weighted by Crippen LogP contribution is -2.19. The Morgan fingerprint density at radius 3 is 1.70 bits per heavy atom. The molecule has 2 aromatic heterocycles. The molecule has 0 saturated heterocycles. The molecular weight excluding hydrogens is 304 g/mol. The molecule has 3 aromatic rings. The molecule has 0 saturated carbocycles. The van der Waals surface area contributed by atoms with Crippen molar-refractivity contribution in [2.75, 3.05) is 24.6 Å². The van der Waals surface area contributed by atoms with E-state index in [1.807, 2.05) is 11.8 Å². The molecule has 3 heterocycles. The molecule has 4 nitrogen and oxygen atoms in total. The second-order valence-electron chi connectivity index (χ2n) is 5.78. The summed E-state index contributed by atoms with van der Waals surface area (Å²) in [7, 11) is 0. The van der Waals surface area contributed by atoms with Crippen LogP contribution in [0.4, 0.5) is 0 Å². The topological polar surface area (TPSA) is 49.8 Å². The lowest BCUT2D eigenvalue weighted by atomic mass is 10.1. The van der Waals surface area contributed by atoms with Crippen molar-refractivity contribution in [3.05, 3.63) is 47.8 Å². The van der Waals surface area contributed by atoms with E-state index in [9.17, 15) is 0 Å².